The molecule has 2 atom stereocenters. The highest BCUT2D eigenvalue weighted by Crippen LogP contribution is 2.29. The Kier molecular flexibility index (Phi) is 4.95. The van der Waals surface area contributed by atoms with E-state index in [4.69, 9.17) is 0 Å². The van der Waals surface area contributed by atoms with Gasteiger partial charge in [0, 0.05) is 51.9 Å². The summed E-state index contributed by atoms with van der Waals surface area (Å²) in [5.41, 5.74) is 1.80. The van der Waals surface area contributed by atoms with Gasteiger partial charge in [0.25, 0.3) is 5.91 Å². The van der Waals surface area contributed by atoms with Gasteiger partial charge in [-0.25, -0.2) is 4.79 Å². The highest BCUT2D eigenvalue weighted by Gasteiger charge is 2.37. The minimum absolute atomic E-state index is 0.0646. The average Bonchev–Trinajstić information content (AvgIpc) is 2.87. The van der Waals surface area contributed by atoms with E-state index in [0.29, 0.717) is 30.8 Å². The smallest absolute Gasteiger partial charge is 0.407 e. The summed E-state index contributed by atoms with van der Waals surface area (Å²) in [5.74, 6) is -0.688. The molecule has 9 heteroatoms. The van der Waals surface area contributed by atoms with Gasteiger partial charge in [-0.05, 0) is 13.0 Å². The van der Waals surface area contributed by atoms with Crippen LogP contribution in [0.1, 0.15) is 28.7 Å². The molecule has 1 aromatic heterocycles. The van der Waals surface area contributed by atoms with Crippen molar-refractivity contribution >= 4 is 17.8 Å². The van der Waals surface area contributed by atoms with Gasteiger partial charge < -0.3 is 19.8 Å². The molecule has 146 valence electrons. The molecule has 0 saturated heterocycles. The van der Waals surface area contributed by atoms with Crippen LogP contribution < -0.4 is 0 Å². The Morgan fingerprint density at radius 1 is 1.30 bits per heavy atom. The third kappa shape index (κ3) is 3.54. The van der Waals surface area contributed by atoms with E-state index in [0.717, 1.165) is 5.69 Å². The zero-order valence-corrected chi connectivity index (χ0v) is 16.0. The molecule has 0 aromatic carbocycles. The molecule has 2 aliphatic rings. The number of allylic oxidation sites excluding steroid dienone is 1. The average molecular weight is 375 g/mol. The van der Waals surface area contributed by atoms with E-state index >= 15 is 0 Å². The molecule has 3 heterocycles. The number of hydrogen-bond donors (Lipinski definition) is 1. The summed E-state index contributed by atoms with van der Waals surface area (Å²) >= 11 is 0. The first-order valence-electron chi connectivity index (χ1n) is 8.91. The highest BCUT2D eigenvalue weighted by atomic mass is 16.4. The third-order valence-corrected chi connectivity index (χ3v) is 5.10. The van der Waals surface area contributed by atoms with Crippen LogP contribution in [-0.2, 0) is 24.3 Å². The minimum atomic E-state index is -1.01. The van der Waals surface area contributed by atoms with Crippen molar-refractivity contribution in [2.75, 3.05) is 27.7 Å². The summed E-state index contributed by atoms with van der Waals surface area (Å²) in [6.07, 6.45) is 2.66. The number of amides is 2. The monoisotopic (exact) mass is 375 g/mol. The largest absolute Gasteiger partial charge is 0.465 e. The molecular weight excluding hydrogens is 350 g/mol. The van der Waals surface area contributed by atoms with Gasteiger partial charge >= 0.3 is 6.09 Å². The van der Waals surface area contributed by atoms with Gasteiger partial charge in [0.05, 0.1) is 24.7 Å². The fraction of sp³-hybridized carbons (Fsp3) is 0.556. The molecule has 2 amide bonds. The second kappa shape index (κ2) is 7.05. The number of ketones is 1. The molecule has 27 heavy (non-hydrogen) atoms. The SMILES string of the molecule is CC1Cc2nn3c(c2CN1C(=O)O)C(=O)N(C)CC(C(=O)/C=C/N(C)C)C3. The third-order valence-electron chi connectivity index (χ3n) is 5.10. The molecule has 2 aliphatic heterocycles. The lowest BCUT2D eigenvalue weighted by atomic mass is 10.00. The van der Waals surface area contributed by atoms with Crippen molar-refractivity contribution in [3.05, 3.63) is 29.2 Å². The Morgan fingerprint density at radius 2 is 2.00 bits per heavy atom. The molecule has 0 bridgehead atoms. The van der Waals surface area contributed by atoms with Crippen LogP contribution in [0.5, 0.6) is 0 Å². The molecule has 9 nitrogen and oxygen atoms in total. The standard InChI is InChI=1S/C18H25N5O4/c1-11-7-14-13(10-22(11)18(26)27)16-17(25)21(4)8-12(9-23(16)19-14)15(24)5-6-20(2)3/h5-6,11-12H,7-10H2,1-4H3,(H,26,27)/b6-5+. The summed E-state index contributed by atoms with van der Waals surface area (Å²) in [5, 5.41) is 14.0. The number of nitrogens with zero attached hydrogens (tertiary/aromatic N) is 5. The van der Waals surface area contributed by atoms with E-state index in [1.165, 1.54) is 15.9 Å². The fourth-order valence-electron chi connectivity index (χ4n) is 3.62. The normalized spacial score (nSPS) is 22.4. The number of hydrogen-bond acceptors (Lipinski definition) is 5. The molecular formula is C18H25N5O4. The first-order valence-corrected chi connectivity index (χ1v) is 8.91. The van der Waals surface area contributed by atoms with Crippen molar-refractivity contribution in [1.82, 2.24) is 24.5 Å². The maximum atomic E-state index is 12.9. The first kappa shape index (κ1) is 18.9. The summed E-state index contributed by atoms with van der Waals surface area (Å²) in [7, 11) is 5.33. The second-order valence-corrected chi connectivity index (χ2v) is 7.48. The van der Waals surface area contributed by atoms with Gasteiger partial charge in [0.2, 0.25) is 0 Å². The van der Waals surface area contributed by atoms with E-state index < -0.39 is 12.0 Å². The van der Waals surface area contributed by atoms with E-state index in [1.54, 1.807) is 22.8 Å². The Hall–Kier alpha value is -2.84. The number of carboxylic acid groups (broad SMARTS) is 1. The Labute approximate surface area is 157 Å². The lowest BCUT2D eigenvalue weighted by Crippen LogP contribution is -2.42. The number of carbonyl (C=O) groups is 3. The van der Waals surface area contributed by atoms with Crippen LogP contribution in [0.3, 0.4) is 0 Å². The lowest BCUT2D eigenvalue weighted by Gasteiger charge is -2.30. The minimum Gasteiger partial charge on any atom is -0.465 e. The van der Waals surface area contributed by atoms with Crippen LogP contribution in [0.25, 0.3) is 0 Å². The van der Waals surface area contributed by atoms with Crippen molar-refractivity contribution in [2.24, 2.45) is 5.92 Å². The van der Waals surface area contributed by atoms with E-state index in [1.807, 2.05) is 21.0 Å². The maximum absolute atomic E-state index is 12.9. The van der Waals surface area contributed by atoms with E-state index in [-0.39, 0.29) is 24.3 Å². The molecule has 0 aliphatic carbocycles. The quantitative estimate of drug-likeness (QED) is 0.779. The topological polar surface area (TPSA) is 99.0 Å². The van der Waals surface area contributed by atoms with E-state index in [9.17, 15) is 19.5 Å². The highest BCUT2D eigenvalue weighted by molar-refractivity contribution is 5.97. The van der Waals surface area contributed by atoms with E-state index in [2.05, 4.69) is 5.10 Å². The molecule has 0 spiro atoms. The molecule has 0 fully saturated rings. The number of aromatic nitrogens is 2. The molecule has 0 radical (unpaired) electrons. The van der Waals surface area contributed by atoms with Gasteiger partial charge in [0.15, 0.2) is 5.78 Å². The Bertz CT molecular complexity index is 813. The summed E-state index contributed by atoms with van der Waals surface area (Å²) in [6, 6.07) is -0.206. The Balaban J connectivity index is 1.96. The first-order chi connectivity index (χ1) is 12.7. The van der Waals surface area contributed by atoms with Gasteiger partial charge in [-0.3, -0.25) is 14.3 Å². The predicted octanol–water partition coefficient (Wildman–Crippen LogP) is 0.654. The predicted molar refractivity (Wildman–Crippen MR) is 97.2 cm³/mol. The number of fused-ring (bicyclic) bond motifs is 3. The van der Waals surface area contributed by atoms with Crippen LogP contribution in [0, 0.1) is 5.92 Å². The van der Waals surface area contributed by atoms with Gasteiger partial charge in [-0.1, -0.05) is 0 Å². The van der Waals surface area contributed by atoms with Crippen molar-refractivity contribution < 1.29 is 19.5 Å². The van der Waals surface area contributed by atoms with Crippen LogP contribution in [-0.4, -0.2) is 81.1 Å². The molecule has 3 rings (SSSR count). The van der Waals surface area contributed by atoms with Crippen LogP contribution >= 0.6 is 0 Å². The molecule has 1 aromatic rings. The Morgan fingerprint density at radius 3 is 2.63 bits per heavy atom. The maximum Gasteiger partial charge on any atom is 0.407 e. The van der Waals surface area contributed by atoms with Crippen molar-refractivity contribution in [3.8, 4) is 0 Å². The zero-order valence-electron chi connectivity index (χ0n) is 16.0. The van der Waals surface area contributed by atoms with Crippen molar-refractivity contribution in [2.45, 2.75) is 32.5 Å². The zero-order chi connectivity index (χ0) is 19.9. The van der Waals surface area contributed by atoms with Gasteiger partial charge in [-0.15, -0.1) is 0 Å². The number of rotatable bonds is 3. The summed E-state index contributed by atoms with van der Waals surface area (Å²) in [6.45, 7) is 2.57. The second-order valence-electron chi connectivity index (χ2n) is 7.48. The molecule has 0 saturated carbocycles. The van der Waals surface area contributed by atoms with Gasteiger partial charge in [0.1, 0.15) is 5.69 Å². The summed E-state index contributed by atoms with van der Waals surface area (Å²) in [4.78, 5) is 41.6. The molecule has 2 unspecified atom stereocenters. The molecule has 1 N–H and O–H groups in total. The van der Waals surface area contributed by atoms with Crippen LogP contribution in [0.2, 0.25) is 0 Å². The fourth-order valence-corrected chi connectivity index (χ4v) is 3.62. The lowest BCUT2D eigenvalue weighted by molar-refractivity contribution is -0.118. The summed E-state index contributed by atoms with van der Waals surface area (Å²) < 4.78 is 1.60. The van der Waals surface area contributed by atoms with Crippen molar-refractivity contribution in [3.63, 3.8) is 0 Å². The number of carbonyl (C=O) groups excluding carboxylic acids is 2. The van der Waals surface area contributed by atoms with Gasteiger partial charge in [-0.2, -0.15) is 5.10 Å². The van der Waals surface area contributed by atoms with Crippen LogP contribution in [0.15, 0.2) is 12.3 Å². The van der Waals surface area contributed by atoms with Crippen LogP contribution in [0.4, 0.5) is 4.79 Å². The van der Waals surface area contributed by atoms with Crippen molar-refractivity contribution in [1.29, 1.82) is 0 Å².